The van der Waals surface area contributed by atoms with Crippen LogP contribution in [0.1, 0.15) is 30.1 Å². The first-order valence-corrected chi connectivity index (χ1v) is 8.18. The van der Waals surface area contributed by atoms with Crippen molar-refractivity contribution in [2.24, 2.45) is 0 Å². The second-order valence-electron chi connectivity index (χ2n) is 6.18. The average Bonchev–Trinajstić information content (AvgIpc) is 2.61. The van der Waals surface area contributed by atoms with Crippen molar-refractivity contribution < 1.29 is 28.8 Å². The number of fused-ring (bicyclic) bond motifs is 2. The van der Waals surface area contributed by atoms with E-state index in [9.17, 15) is 24.5 Å². The van der Waals surface area contributed by atoms with Gasteiger partial charge in [-0.05, 0) is 19.1 Å². The fraction of sp³-hybridized carbons (Fsp3) is 0.471. The standard InChI is InChI=1S/C17H18N2O7/c1-3-26-16(22)18-12-7-5-4-6-11(12)15(21)17(19(23)24)13(18)8-10(20)9-14(17)25-2/h4-7,13-14H,3,8-9H2,1-2H3/t13-,14-,17+/m0/s1. The van der Waals surface area contributed by atoms with Gasteiger partial charge >= 0.3 is 11.6 Å². The third-order valence-corrected chi connectivity index (χ3v) is 4.97. The number of methoxy groups -OCH3 is 1. The molecule has 0 aromatic heterocycles. The van der Waals surface area contributed by atoms with E-state index in [-0.39, 0.29) is 36.5 Å². The summed E-state index contributed by atoms with van der Waals surface area (Å²) in [5.74, 6) is -1.08. The molecule has 1 heterocycles. The van der Waals surface area contributed by atoms with Crippen molar-refractivity contribution >= 4 is 23.3 Å². The maximum atomic E-state index is 13.2. The third kappa shape index (κ3) is 2.31. The van der Waals surface area contributed by atoms with Crippen molar-refractivity contribution in [1.29, 1.82) is 0 Å². The van der Waals surface area contributed by atoms with Crippen LogP contribution in [0.2, 0.25) is 0 Å². The van der Waals surface area contributed by atoms with Crippen molar-refractivity contribution in [2.75, 3.05) is 18.6 Å². The van der Waals surface area contributed by atoms with Crippen molar-refractivity contribution in [3.05, 3.63) is 39.9 Å². The Bertz CT molecular complexity index is 793. The number of hydrogen-bond acceptors (Lipinski definition) is 7. The highest BCUT2D eigenvalue weighted by atomic mass is 16.6. The number of carbonyl (C=O) groups is 3. The zero-order valence-electron chi connectivity index (χ0n) is 14.3. The van der Waals surface area contributed by atoms with Crippen LogP contribution in [0.5, 0.6) is 0 Å². The van der Waals surface area contributed by atoms with Gasteiger partial charge < -0.3 is 9.47 Å². The Hall–Kier alpha value is -2.81. The molecule has 1 aromatic carbocycles. The second-order valence-corrected chi connectivity index (χ2v) is 6.18. The van der Waals surface area contributed by atoms with E-state index in [1.165, 1.54) is 19.2 Å². The van der Waals surface area contributed by atoms with Gasteiger partial charge in [0.05, 0.1) is 12.3 Å². The molecule has 26 heavy (non-hydrogen) atoms. The van der Waals surface area contributed by atoms with Gasteiger partial charge in [0.2, 0.25) is 5.78 Å². The largest absolute Gasteiger partial charge is 0.449 e. The van der Waals surface area contributed by atoms with E-state index in [2.05, 4.69) is 0 Å². The molecule has 3 atom stereocenters. The summed E-state index contributed by atoms with van der Waals surface area (Å²) in [5, 5.41) is 12.1. The van der Waals surface area contributed by atoms with Crippen molar-refractivity contribution in [3.8, 4) is 0 Å². The van der Waals surface area contributed by atoms with E-state index < -0.39 is 34.5 Å². The number of carbonyl (C=O) groups excluding carboxylic acids is 3. The van der Waals surface area contributed by atoms with Crippen LogP contribution in [0, 0.1) is 10.1 Å². The summed E-state index contributed by atoms with van der Waals surface area (Å²) >= 11 is 0. The van der Waals surface area contributed by atoms with Gasteiger partial charge in [-0.1, -0.05) is 12.1 Å². The summed E-state index contributed by atoms with van der Waals surface area (Å²) < 4.78 is 10.3. The molecule has 3 rings (SSSR count). The molecule has 1 saturated carbocycles. The van der Waals surface area contributed by atoms with E-state index >= 15 is 0 Å². The number of rotatable bonds is 3. The molecule has 0 spiro atoms. The normalized spacial score (nSPS) is 27.5. The number of anilines is 1. The summed E-state index contributed by atoms with van der Waals surface area (Å²) in [6, 6.07) is 4.79. The minimum atomic E-state index is -2.26. The van der Waals surface area contributed by atoms with Crippen LogP contribution in [-0.4, -0.2) is 54.0 Å². The Balaban J connectivity index is 2.30. The highest BCUT2D eigenvalue weighted by Gasteiger charge is 2.71. The Morgan fingerprint density at radius 3 is 2.65 bits per heavy atom. The molecule has 0 unspecified atom stereocenters. The van der Waals surface area contributed by atoms with Crippen LogP contribution in [-0.2, 0) is 14.3 Å². The van der Waals surface area contributed by atoms with Gasteiger partial charge in [0, 0.05) is 30.4 Å². The minimum absolute atomic E-state index is 0.0323. The number of hydrogen-bond donors (Lipinski definition) is 0. The monoisotopic (exact) mass is 362 g/mol. The van der Waals surface area contributed by atoms with Crippen LogP contribution in [0.4, 0.5) is 10.5 Å². The predicted molar refractivity (Wildman–Crippen MR) is 88.8 cm³/mol. The molecule has 0 saturated heterocycles. The van der Waals surface area contributed by atoms with Crippen LogP contribution in [0.25, 0.3) is 0 Å². The summed E-state index contributed by atoms with van der Waals surface area (Å²) in [5.41, 5.74) is -2.03. The topological polar surface area (TPSA) is 116 Å². The zero-order chi connectivity index (χ0) is 19.1. The van der Waals surface area contributed by atoms with Crippen molar-refractivity contribution in [1.82, 2.24) is 0 Å². The molecule has 0 radical (unpaired) electrons. The van der Waals surface area contributed by atoms with Crippen LogP contribution in [0.15, 0.2) is 24.3 Å². The lowest BCUT2D eigenvalue weighted by molar-refractivity contribution is -0.567. The summed E-state index contributed by atoms with van der Waals surface area (Å²) in [6.45, 7) is 1.65. The van der Waals surface area contributed by atoms with Crippen molar-refractivity contribution in [2.45, 2.75) is 37.5 Å². The quantitative estimate of drug-likeness (QED) is 0.592. The number of nitrogens with zero attached hydrogens (tertiary/aromatic N) is 2. The number of Topliss-reactive ketones (excluding diaryl/α,β-unsaturated/α-hetero) is 2. The first-order valence-electron chi connectivity index (χ1n) is 8.18. The molecule has 0 bridgehead atoms. The molecule has 1 amide bonds. The molecule has 1 fully saturated rings. The van der Waals surface area contributed by atoms with Gasteiger partial charge in [-0.15, -0.1) is 0 Å². The first-order chi connectivity index (χ1) is 12.4. The Labute approximate surface area is 149 Å². The number of ketones is 2. The molecule has 1 aromatic rings. The first kappa shape index (κ1) is 18.0. The lowest BCUT2D eigenvalue weighted by Crippen LogP contribution is -2.74. The Morgan fingerprint density at radius 2 is 2.04 bits per heavy atom. The van der Waals surface area contributed by atoms with Gasteiger partial charge in [0.15, 0.2) is 0 Å². The van der Waals surface area contributed by atoms with E-state index in [1.54, 1.807) is 19.1 Å². The number of amides is 1. The summed E-state index contributed by atoms with van der Waals surface area (Å²) in [6.07, 6.45) is -2.70. The maximum absolute atomic E-state index is 13.2. The SMILES string of the molecule is CCOC(=O)N1c2ccccc2C(=O)[C@]2([N+](=O)[O-])[C@@H](OC)CC(=O)C[C@H]12. The molecule has 2 aliphatic rings. The molecular formula is C17H18N2O7. The van der Waals surface area contributed by atoms with Gasteiger partial charge in [0.1, 0.15) is 17.9 Å². The van der Waals surface area contributed by atoms with Crippen LogP contribution >= 0.6 is 0 Å². The molecule has 1 aliphatic carbocycles. The number of benzene rings is 1. The van der Waals surface area contributed by atoms with Crippen molar-refractivity contribution in [3.63, 3.8) is 0 Å². The molecule has 9 heteroatoms. The average molecular weight is 362 g/mol. The number of ether oxygens (including phenoxy) is 2. The van der Waals surface area contributed by atoms with Gasteiger partial charge in [-0.25, -0.2) is 4.79 Å². The van der Waals surface area contributed by atoms with E-state index in [0.29, 0.717) is 0 Å². The van der Waals surface area contributed by atoms with Gasteiger partial charge in [-0.2, -0.15) is 0 Å². The summed E-state index contributed by atoms with van der Waals surface area (Å²) in [4.78, 5) is 50.5. The lowest BCUT2D eigenvalue weighted by atomic mass is 9.67. The van der Waals surface area contributed by atoms with E-state index in [1.807, 2.05) is 0 Å². The lowest BCUT2D eigenvalue weighted by Gasteiger charge is -2.47. The van der Waals surface area contributed by atoms with Gasteiger partial charge in [0.25, 0.3) is 0 Å². The zero-order valence-corrected chi connectivity index (χ0v) is 14.3. The van der Waals surface area contributed by atoms with Crippen LogP contribution in [0.3, 0.4) is 0 Å². The van der Waals surface area contributed by atoms with E-state index in [4.69, 9.17) is 9.47 Å². The van der Waals surface area contributed by atoms with Gasteiger partial charge in [-0.3, -0.25) is 24.6 Å². The van der Waals surface area contributed by atoms with Crippen LogP contribution < -0.4 is 4.90 Å². The maximum Gasteiger partial charge on any atom is 0.414 e. The van der Waals surface area contributed by atoms with E-state index in [0.717, 1.165) is 4.90 Å². The smallest absolute Gasteiger partial charge is 0.414 e. The Kier molecular flexibility index (Phi) is 4.49. The molecule has 1 aliphatic heterocycles. The molecule has 9 nitrogen and oxygen atoms in total. The molecular weight excluding hydrogens is 344 g/mol. The summed E-state index contributed by atoms with van der Waals surface area (Å²) in [7, 11) is 1.22. The second kappa shape index (κ2) is 6.49. The fourth-order valence-corrected chi connectivity index (χ4v) is 3.88. The fourth-order valence-electron chi connectivity index (χ4n) is 3.88. The highest BCUT2D eigenvalue weighted by molar-refractivity contribution is 6.14. The molecule has 0 N–H and O–H groups in total. The number of nitro groups is 1. The minimum Gasteiger partial charge on any atom is -0.449 e. The third-order valence-electron chi connectivity index (χ3n) is 4.97. The molecule has 138 valence electrons. The number of para-hydroxylation sites is 1. The highest BCUT2D eigenvalue weighted by Crippen LogP contribution is 2.45. The Morgan fingerprint density at radius 1 is 1.35 bits per heavy atom. The predicted octanol–water partition coefficient (Wildman–Crippen LogP) is 1.61.